The molecular weight excluding hydrogens is 262 g/mol. The number of nitrogens with zero attached hydrogens (tertiary/aromatic N) is 2. The third kappa shape index (κ3) is 7.25. The lowest BCUT2D eigenvalue weighted by Gasteiger charge is -2.25. The zero-order chi connectivity index (χ0) is 14.3. The highest BCUT2D eigenvalue weighted by Gasteiger charge is 2.13. The van der Waals surface area contributed by atoms with Gasteiger partial charge in [0.15, 0.2) is 0 Å². The van der Waals surface area contributed by atoms with E-state index < -0.39 is 10.0 Å². The van der Waals surface area contributed by atoms with Crippen molar-refractivity contribution in [1.82, 2.24) is 14.5 Å². The molecule has 0 spiro atoms. The van der Waals surface area contributed by atoms with Gasteiger partial charge in [-0.05, 0) is 32.9 Å². The first-order chi connectivity index (χ1) is 8.89. The quantitative estimate of drug-likeness (QED) is 0.751. The van der Waals surface area contributed by atoms with Gasteiger partial charge in [-0.2, -0.15) is 0 Å². The molecule has 0 saturated carbocycles. The minimum Gasteiger partial charge on any atom is -0.312 e. The van der Waals surface area contributed by atoms with E-state index in [1.54, 1.807) is 7.05 Å². The predicted octanol–water partition coefficient (Wildman–Crippen LogP) is 0.732. The molecule has 0 aromatic heterocycles. The summed E-state index contributed by atoms with van der Waals surface area (Å²) < 4.78 is 23.9. The smallest absolute Gasteiger partial charge is 0.210 e. The molecule has 0 bridgehead atoms. The molecule has 1 fully saturated rings. The second kappa shape index (κ2) is 8.19. The maximum Gasteiger partial charge on any atom is 0.210 e. The summed E-state index contributed by atoms with van der Waals surface area (Å²) in [5.74, 6) is 0. The van der Waals surface area contributed by atoms with Crippen LogP contribution in [0.4, 0.5) is 0 Å². The Morgan fingerprint density at radius 3 is 2.32 bits per heavy atom. The van der Waals surface area contributed by atoms with Crippen molar-refractivity contribution in [2.45, 2.75) is 38.6 Å². The summed E-state index contributed by atoms with van der Waals surface area (Å²) in [5, 5.41) is 3.41. The molecule has 114 valence electrons. The Morgan fingerprint density at radius 2 is 1.79 bits per heavy atom. The summed E-state index contributed by atoms with van der Waals surface area (Å²) >= 11 is 0. The fraction of sp³-hybridized carbons (Fsp3) is 1.00. The van der Waals surface area contributed by atoms with Crippen molar-refractivity contribution in [3.63, 3.8) is 0 Å². The number of likely N-dealkylation sites (tertiary alicyclic amines) is 1. The molecule has 6 heteroatoms. The van der Waals surface area contributed by atoms with Gasteiger partial charge in [-0.1, -0.05) is 12.8 Å². The first kappa shape index (κ1) is 16.9. The predicted molar refractivity (Wildman–Crippen MR) is 79.8 cm³/mol. The van der Waals surface area contributed by atoms with Crippen LogP contribution in [0.15, 0.2) is 0 Å². The van der Waals surface area contributed by atoms with Gasteiger partial charge in [0.05, 0.1) is 6.26 Å². The van der Waals surface area contributed by atoms with Gasteiger partial charge in [0, 0.05) is 32.7 Å². The molecule has 5 nitrogen and oxygen atoms in total. The van der Waals surface area contributed by atoms with Crippen LogP contribution in [0.2, 0.25) is 0 Å². The highest BCUT2D eigenvalue weighted by atomic mass is 32.2. The van der Waals surface area contributed by atoms with Crippen LogP contribution in [0, 0.1) is 0 Å². The van der Waals surface area contributed by atoms with Gasteiger partial charge in [0.2, 0.25) is 10.0 Å². The average molecular weight is 291 g/mol. The van der Waals surface area contributed by atoms with Crippen LogP contribution in [-0.2, 0) is 10.0 Å². The Balaban J connectivity index is 2.18. The fourth-order valence-electron chi connectivity index (χ4n) is 2.40. The van der Waals surface area contributed by atoms with Crippen molar-refractivity contribution in [3.05, 3.63) is 0 Å². The van der Waals surface area contributed by atoms with Crippen LogP contribution in [0.5, 0.6) is 0 Å². The largest absolute Gasteiger partial charge is 0.312 e. The van der Waals surface area contributed by atoms with Gasteiger partial charge in [0.1, 0.15) is 0 Å². The van der Waals surface area contributed by atoms with Gasteiger partial charge < -0.3 is 10.2 Å². The number of nitrogens with one attached hydrogen (secondary N) is 1. The van der Waals surface area contributed by atoms with Crippen LogP contribution in [0.1, 0.15) is 32.6 Å². The van der Waals surface area contributed by atoms with Gasteiger partial charge in [-0.25, -0.2) is 12.7 Å². The van der Waals surface area contributed by atoms with Crippen LogP contribution in [-0.4, -0.2) is 69.7 Å². The topological polar surface area (TPSA) is 52.6 Å². The molecule has 0 radical (unpaired) electrons. The summed E-state index contributed by atoms with van der Waals surface area (Å²) in [6.45, 7) is 6.88. The Bertz CT molecular complexity index is 338. The molecule has 1 unspecified atom stereocenters. The van der Waals surface area contributed by atoms with Crippen LogP contribution < -0.4 is 5.32 Å². The Hall–Kier alpha value is -0.170. The lowest BCUT2D eigenvalue weighted by atomic mass is 10.2. The molecule has 1 rings (SSSR count). The Kier molecular flexibility index (Phi) is 7.28. The third-order valence-electron chi connectivity index (χ3n) is 3.72. The zero-order valence-corrected chi connectivity index (χ0v) is 13.4. The maximum atomic E-state index is 11.3. The summed E-state index contributed by atoms with van der Waals surface area (Å²) in [6.07, 6.45) is 6.58. The summed E-state index contributed by atoms with van der Waals surface area (Å²) in [4.78, 5) is 2.52. The standard InChI is InChI=1S/C13H29N3O2S/c1-13(12-16-9-6-4-5-7-10-16)14-8-11-15(2)19(3,17)18/h13-14H,4-12H2,1-3H3. The molecule has 0 amide bonds. The second-order valence-electron chi connectivity index (χ2n) is 5.65. The molecule has 1 heterocycles. The molecule has 1 aliphatic heterocycles. The number of sulfonamides is 1. The molecule has 19 heavy (non-hydrogen) atoms. The molecule has 1 saturated heterocycles. The van der Waals surface area contributed by atoms with E-state index in [2.05, 4.69) is 17.1 Å². The van der Waals surface area contributed by atoms with E-state index in [1.165, 1.54) is 49.3 Å². The van der Waals surface area contributed by atoms with Gasteiger partial charge in [-0.15, -0.1) is 0 Å². The molecule has 1 N–H and O–H groups in total. The SMILES string of the molecule is CC(CN1CCCCCC1)NCCN(C)S(C)(=O)=O. The van der Waals surface area contributed by atoms with Crippen molar-refractivity contribution in [2.24, 2.45) is 0 Å². The van der Waals surface area contributed by atoms with E-state index in [1.807, 2.05) is 0 Å². The van der Waals surface area contributed by atoms with E-state index >= 15 is 0 Å². The van der Waals surface area contributed by atoms with Crippen LogP contribution >= 0.6 is 0 Å². The molecule has 0 aromatic carbocycles. The molecule has 1 atom stereocenters. The summed E-state index contributed by atoms with van der Waals surface area (Å²) in [6, 6.07) is 0.408. The highest BCUT2D eigenvalue weighted by molar-refractivity contribution is 7.88. The van der Waals surface area contributed by atoms with E-state index in [4.69, 9.17) is 0 Å². The van der Waals surface area contributed by atoms with Gasteiger partial charge in [0.25, 0.3) is 0 Å². The first-order valence-corrected chi connectivity index (χ1v) is 9.11. The third-order valence-corrected chi connectivity index (χ3v) is 5.03. The van der Waals surface area contributed by atoms with Crippen molar-refractivity contribution in [1.29, 1.82) is 0 Å². The molecular formula is C13H29N3O2S. The van der Waals surface area contributed by atoms with E-state index in [0.717, 1.165) is 6.54 Å². The molecule has 0 aromatic rings. The lowest BCUT2D eigenvalue weighted by molar-refractivity contribution is 0.255. The lowest BCUT2D eigenvalue weighted by Crippen LogP contribution is -2.42. The number of rotatable bonds is 7. The Labute approximate surface area is 118 Å². The zero-order valence-electron chi connectivity index (χ0n) is 12.6. The van der Waals surface area contributed by atoms with Gasteiger partial charge >= 0.3 is 0 Å². The van der Waals surface area contributed by atoms with Crippen molar-refractivity contribution in [2.75, 3.05) is 46.0 Å². The van der Waals surface area contributed by atoms with Crippen molar-refractivity contribution >= 4 is 10.0 Å². The number of likely N-dealkylation sites (N-methyl/N-ethyl adjacent to an activating group) is 1. The van der Waals surface area contributed by atoms with Crippen LogP contribution in [0.25, 0.3) is 0 Å². The highest BCUT2D eigenvalue weighted by Crippen LogP contribution is 2.09. The van der Waals surface area contributed by atoms with Crippen molar-refractivity contribution < 1.29 is 8.42 Å². The van der Waals surface area contributed by atoms with E-state index in [0.29, 0.717) is 19.1 Å². The Morgan fingerprint density at radius 1 is 1.21 bits per heavy atom. The molecule has 1 aliphatic rings. The molecule has 0 aliphatic carbocycles. The summed E-state index contributed by atoms with van der Waals surface area (Å²) in [7, 11) is -1.43. The first-order valence-electron chi connectivity index (χ1n) is 7.26. The maximum absolute atomic E-state index is 11.3. The second-order valence-corrected chi connectivity index (χ2v) is 7.74. The average Bonchev–Trinajstić information content (AvgIpc) is 2.56. The van der Waals surface area contributed by atoms with Crippen LogP contribution in [0.3, 0.4) is 0 Å². The van der Waals surface area contributed by atoms with E-state index in [9.17, 15) is 8.42 Å². The minimum atomic E-state index is -3.05. The van der Waals surface area contributed by atoms with E-state index in [-0.39, 0.29) is 0 Å². The van der Waals surface area contributed by atoms with Crippen molar-refractivity contribution in [3.8, 4) is 0 Å². The number of hydrogen-bond acceptors (Lipinski definition) is 4. The monoisotopic (exact) mass is 291 g/mol. The minimum absolute atomic E-state index is 0.408. The number of hydrogen-bond donors (Lipinski definition) is 1. The van der Waals surface area contributed by atoms with Gasteiger partial charge in [-0.3, -0.25) is 0 Å². The normalized spacial score (nSPS) is 20.4. The fourth-order valence-corrected chi connectivity index (χ4v) is 2.83. The summed E-state index contributed by atoms with van der Waals surface area (Å²) in [5.41, 5.74) is 0.